The van der Waals surface area contributed by atoms with E-state index in [-0.39, 0.29) is 10.8 Å². The molecule has 2 saturated heterocycles. The number of halogens is 1. The quantitative estimate of drug-likeness (QED) is 0.661. The van der Waals surface area contributed by atoms with Gasteiger partial charge in [-0.2, -0.15) is 4.31 Å². The summed E-state index contributed by atoms with van der Waals surface area (Å²) in [6.07, 6.45) is 4.95. The third-order valence-corrected chi connectivity index (χ3v) is 8.52. The molecule has 8 heteroatoms. The fourth-order valence-corrected chi connectivity index (χ4v) is 6.36. The monoisotopic (exact) mass is 475 g/mol. The number of rotatable bonds is 7. The SMILES string of the molecule is O=C(NCc1ccccc1CN1CCCCC1)C1CCCN1S(=O)(=O)c1ccc(Cl)cc1. The molecule has 32 heavy (non-hydrogen) atoms. The molecule has 2 aromatic carbocycles. The van der Waals surface area contributed by atoms with Crippen molar-refractivity contribution in [1.82, 2.24) is 14.5 Å². The van der Waals surface area contributed by atoms with Crippen LogP contribution in [0.4, 0.5) is 0 Å². The summed E-state index contributed by atoms with van der Waals surface area (Å²) in [6.45, 7) is 3.84. The highest BCUT2D eigenvalue weighted by Gasteiger charge is 2.39. The Balaban J connectivity index is 1.42. The van der Waals surface area contributed by atoms with Crippen LogP contribution >= 0.6 is 11.6 Å². The van der Waals surface area contributed by atoms with E-state index in [2.05, 4.69) is 16.3 Å². The molecular weight excluding hydrogens is 446 g/mol. The second-order valence-corrected chi connectivity index (χ2v) is 10.9. The molecule has 0 spiro atoms. The minimum atomic E-state index is -3.75. The van der Waals surface area contributed by atoms with Crippen molar-refractivity contribution >= 4 is 27.5 Å². The zero-order valence-electron chi connectivity index (χ0n) is 18.2. The van der Waals surface area contributed by atoms with Crippen molar-refractivity contribution in [3.05, 3.63) is 64.7 Å². The summed E-state index contributed by atoms with van der Waals surface area (Å²) in [5, 5.41) is 3.47. The topological polar surface area (TPSA) is 69.7 Å². The molecule has 1 N–H and O–H groups in total. The largest absolute Gasteiger partial charge is 0.351 e. The van der Waals surface area contributed by atoms with E-state index in [1.807, 2.05) is 18.2 Å². The van der Waals surface area contributed by atoms with Gasteiger partial charge in [0.05, 0.1) is 4.90 Å². The molecule has 1 unspecified atom stereocenters. The lowest BCUT2D eigenvalue weighted by atomic mass is 10.0. The highest BCUT2D eigenvalue weighted by molar-refractivity contribution is 7.89. The van der Waals surface area contributed by atoms with E-state index < -0.39 is 16.1 Å². The number of amides is 1. The minimum Gasteiger partial charge on any atom is -0.351 e. The van der Waals surface area contributed by atoms with E-state index >= 15 is 0 Å². The van der Waals surface area contributed by atoms with Gasteiger partial charge in [0.2, 0.25) is 15.9 Å². The Morgan fingerprint density at radius 3 is 2.34 bits per heavy atom. The molecule has 6 nitrogen and oxygen atoms in total. The van der Waals surface area contributed by atoms with Crippen LogP contribution in [0, 0.1) is 0 Å². The standard InChI is InChI=1S/C24H30ClN3O3S/c25-21-10-12-22(13-11-21)32(30,31)28-16-6-9-23(28)24(29)26-17-19-7-2-3-8-20(19)18-27-14-4-1-5-15-27/h2-3,7-8,10-13,23H,1,4-6,9,14-18H2,(H,26,29). The van der Waals surface area contributed by atoms with Crippen molar-refractivity contribution in [3.63, 3.8) is 0 Å². The first-order valence-corrected chi connectivity index (χ1v) is 13.1. The van der Waals surface area contributed by atoms with Crippen molar-refractivity contribution in [2.75, 3.05) is 19.6 Å². The summed E-state index contributed by atoms with van der Waals surface area (Å²) in [4.78, 5) is 15.6. The molecule has 2 heterocycles. The van der Waals surface area contributed by atoms with Crippen molar-refractivity contribution in [3.8, 4) is 0 Å². The van der Waals surface area contributed by atoms with Gasteiger partial charge in [-0.25, -0.2) is 8.42 Å². The van der Waals surface area contributed by atoms with E-state index in [4.69, 9.17) is 11.6 Å². The van der Waals surface area contributed by atoms with Gasteiger partial charge in [-0.3, -0.25) is 9.69 Å². The predicted octanol–water partition coefficient (Wildman–Crippen LogP) is 3.80. The Bertz CT molecular complexity index is 1040. The zero-order valence-corrected chi connectivity index (χ0v) is 19.7. The molecule has 1 atom stereocenters. The van der Waals surface area contributed by atoms with E-state index in [0.29, 0.717) is 31.0 Å². The molecule has 2 aromatic rings. The van der Waals surface area contributed by atoms with Gasteiger partial charge in [0.25, 0.3) is 0 Å². The number of benzene rings is 2. The fourth-order valence-electron chi connectivity index (χ4n) is 4.57. The van der Waals surface area contributed by atoms with Crippen LogP contribution in [0.3, 0.4) is 0 Å². The summed E-state index contributed by atoms with van der Waals surface area (Å²) in [5.74, 6) is -0.243. The predicted molar refractivity (Wildman–Crippen MR) is 126 cm³/mol. The van der Waals surface area contributed by atoms with Crippen LogP contribution in [-0.4, -0.2) is 49.2 Å². The Labute approximate surface area is 195 Å². The Hall–Kier alpha value is -1.93. The van der Waals surface area contributed by atoms with Crippen LogP contribution in [0.1, 0.15) is 43.2 Å². The van der Waals surface area contributed by atoms with Crippen molar-refractivity contribution in [2.24, 2.45) is 0 Å². The highest BCUT2D eigenvalue weighted by atomic mass is 35.5. The third kappa shape index (κ3) is 5.34. The summed E-state index contributed by atoms with van der Waals surface area (Å²) >= 11 is 5.90. The van der Waals surface area contributed by atoms with Crippen molar-refractivity contribution in [1.29, 1.82) is 0 Å². The fraction of sp³-hybridized carbons (Fsp3) is 0.458. The van der Waals surface area contributed by atoms with Crippen LogP contribution in [0.2, 0.25) is 5.02 Å². The molecule has 0 saturated carbocycles. The van der Waals surface area contributed by atoms with Gasteiger partial charge in [-0.15, -0.1) is 0 Å². The Kier molecular flexibility index (Phi) is 7.51. The summed E-state index contributed by atoms with van der Waals surface area (Å²) in [6, 6.07) is 13.6. The number of carbonyl (C=O) groups is 1. The van der Waals surface area contributed by atoms with Crippen LogP contribution in [0.15, 0.2) is 53.4 Å². The van der Waals surface area contributed by atoms with Gasteiger partial charge in [0.1, 0.15) is 6.04 Å². The first-order valence-electron chi connectivity index (χ1n) is 11.3. The second kappa shape index (κ2) is 10.3. The normalized spacial score (nSPS) is 20.3. The van der Waals surface area contributed by atoms with E-state index in [1.54, 1.807) is 12.1 Å². The second-order valence-electron chi connectivity index (χ2n) is 8.55. The maximum Gasteiger partial charge on any atom is 0.243 e. The zero-order chi connectivity index (χ0) is 22.6. The maximum absolute atomic E-state index is 13.1. The van der Waals surface area contributed by atoms with Crippen LogP contribution in [-0.2, 0) is 27.9 Å². The molecule has 172 valence electrons. The average Bonchev–Trinajstić information content (AvgIpc) is 3.30. The summed E-state index contributed by atoms with van der Waals surface area (Å²) < 4.78 is 27.5. The number of piperidine rings is 1. The van der Waals surface area contributed by atoms with Gasteiger partial charge in [-0.1, -0.05) is 42.3 Å². The molecule has 2 aliphatic heterocycles. The van der Waals surface area contributed by atoms with Crippen molar-refractivity contribution < 1.29 is 13.2 Å². The number of carbonyl (C=O) groups excluding carboxylic acids is 1. The molecule has 0 aromatic heterocycles. The van der Waals surface area contributed by atoms with E-state index in [0.717, 1.165) is 25.2 Å². The van der Waals surface area contributed by atoms with Crippen LogP contribution < -0.4 is 5.32 Å². The molecule has 2 fully saturated rings. The van der Waals surface area contributed by atoms with Crippen molar-refractivity contribution in [2.45, 2.75) is 56.1 Å². The highest BCUT2D eigenvalue weighted by Crippen LogP contribution is 2.27. The van der Waals surface area contributed by atoms with Crippen LogP contribution in [0.5, 0.6) is 0 Å². The van der Waals surface area contributed by atoms with Gasteiger partial charge in [-0.05, 0) is 74.2 Å². The molecule has 0 radical (unpaired) electrons. The Morgan fingerprint density at radius 1 is 0.938 bits per heavy atom. The number of sulfonamides is 1. The number of nitrogens with zero attached hydrogens (tertiary/aromatic N) is 2. The lowest BCUT2D eigenvalue weighted by molar-refractivity contribution is -0.124. The lowest BCUT2D eigenvalue weighted by Gasteiger charge is -2.27. The molecule has 0 bridgehead atoms. The first kappa shape index (κ1) is 23.2. The Morgan fingerprint density at radius 2 is 1.62 bits per heavy atom. The molecule has 4 rings (SSSR count). The number of hydrogen-bond donors (Lipinski definition) is 1. The number of nitrogens with one attached hydrogen (secondary N) is 1. The number of likely N-dealkylation sites (tertiary alicyclic amines) is 1. The van der Waals surface area contributed by atoms with Gasteiger partial charge in [0.15, 0.2) is 0 Å². The first-order chi connectivity index (χ1) is 15.4. The van der Waals surface area contributed by atoms with Gasteiger partial charge in [0, 0.05) is 24.7 Å². The summed E-state index contributed by atoms with van der Waals surface area (Å²) in [5.41, 5.74) is 2.29. The van der Waals surface area contributed by atoms with Gasteiger partial charge < -0.3 is 5.32 Å². The molecule has 2 aliphatic rings. The van der Waals surface area contributed by atoms with E-state index in [1.165, 1.54) is 41.3 Å². The smallest absolute Gasteiger partial charge is 0.243 e. The number of hydrogen-bond acceptors (Lipinski definition) is 4. The minimum absolute atomic E-state index is 0.161. The maximum atomic E-state index is 13.1. The lowest BCUT2D eigenvalue weighted by Crippen LogP contribution is -2.45. The van der Waals surface area contributed by atoms with Crippen LogP contribution in [0.25, 0.3) is 0 Å². The summed E-state index contributed by atoms with van der Waals surface area (Å²) in [7, 11) is -3.75. The average molecular weight is 476 g/mol. The molecule has 0 aliphatic carbocycles. The molecule has 1 amide bonds. The van der Waals surface area contributed by atoms with Gasteiger partial charge >= 0.3 is 0 Å². The third-order valence-electron chi connectivity index (χ3n) is 6.34. The molecular formula is C24H30ClN3O3S. The van der Waals surface area contributed by atoms with E-state index in [9.17, 15) is 13.2 Å².